The molecule has 0 aliphatic carbocycles. The van der Waals surface area contributed by atoms with Crippen molar-refractivity contribution in [1.29, 1.82) is 0 Å². The highest BCUT2D eigenvalue weighted by atomic mass is 127. The number of methoxy groups -OCH3 is 1. The summed E-state index contributed by atoms with van der Waals surface area (Å²) in [5.74, 6) is -0.183. The van der Waals surface area contributed by atoms with Crippen LogP contribution in [0.1, 0.15) is 24.6 Å². The van der Waals surface area contributed by atoms with E-state index in [9.17, 15) is 13.6 Å². The first-order valence-electron chi connectivity index (χ1n) is 5.16. The molecule has 0 amide bonds. The fourth-order valence-electron chi connectivity index (χ4n) is 1.37. The zero-order valence-electron chi connectivity index (χ0n) is 9.87. The summed E-state index contributed by atoms with van der Waals surface area (Å²) in [4.78, 5) is 15.1. The third-order valence-electron chi connectivity index (χ3n) is 2.16. The van der Waals surface area contributed by atoms with Crippen molar-refractivity contribution in [3.8, 4) is 5.75 Å². The van der Waals surface area contributed by atoms with Gasteiger partial charge in [-0.15, -0.1) is 0 Å². The number of ether oxygens (including phenoxy) is 2. The second kappa shape index (κ2) is 6.81. The van der Waals surface area contributed by atoms with Crippen molar-refractivity contribution in [2.45, 2.75) is 19.8 Å². The van der Waals surface area contributed by atoms with E-state index in [0.29, 0.717) is 11.3 Å². The topological polar surface area (TPSA) is 48.4 Å². The van der Waals surface area contributed by atoms with Crippen LogP contribution < -0.4 is 4.74 Å². The number of carbonyl (C=O) groups is 1. The quantitative estimate of drug-likeness (QED) is 0.590. The number of carbonyl (C=O) groups excluding carboxylic acids is 1. The SMILES string of the molecule is CCOC(=O)Cc1c(OC)cnc(C(F)F)c1I. The molecule has 0 aliphatic heterocycles. The predicted octanol–water partition coefficient (Wildman–Crippen LogP) is 2.74. The van der Waals surface area contributed by atoms with E-state index in [1.165, 1.54) is 13.3 Å². The molecule has 0 spiro atoms. The van der Waals surface area contributed by atoms with Crippen LogP contribution >= 0.6 is 22.6 Å². The van der Waals surface area contributed by atoms with Crippen LogP contribution in [0, 0.1) is 3.57 Å². The van der Waals surface area contributed by atoms with Crippen LogP contribution in [-0.4, -0.2) is 24.7 Å². The molecule has 0 unspecified atom stereocenters. The Morgan fingerprint density at radius 3 is 2.72 bits per heavy atom. The van der Waals surface area contributed by atoms with Gasteiger partial charge in [-0.2, -0.15) is 0 Å². The molecule has 0 atom stereocenters. The van der Waals surface area contributed by atoms with Gasteiger partial charge in [-0.1, -0.05) is 0 Å². The lowest BCUT2D eigenvalue weighted by molar-refractivity contribution is -0.142. The third kappa shape index (κ3) is 3.50. The van der Waals surface area contributed by atoms with Crippen molar-refractivity contribution >= 4 is 28.6 Å². The minimum atomic E-state index is -2.69. The normalized spacial score (nSPS) is 10.6. The number of nitrogens with zero attached hydrogens (tertiary/aromatic N) is 1. The second-order valence-corrected chi connectivity index (χ2v) is 4.37. The highest BCUT2D eigenvalue weighted by Crippen LogP contribution is 2.30. The molecule has 0 saturated carbocycles. The number of hydrogen-bond donors (Lipinski definition) is 0. The molecule has 1 heterocycles. The Morgan fingerprint density at radius 1 is 1.56 bits per heavy atom. The highest BCUT2D eigenvalue weighted by molar-refractivity contribution is 14.1. The van der Waals surface area contributed by atoms with Gasteiger partial charge >= 0.3 is 5.97 Å². The van der Waals surface area contributed by atoms with Crippen LogP contribution in [0.2, 0.25) is 0 Å². The van der Waals surface area contributed by atoms with Crippen LogP contribution in [-0.2, 0) is 16.0 Å². The van der Waals surface area contributed by atoms with E-state index < -0.39 is 12.4 Å². The Bertz CT molecular complexity index is 441. The molecule has 0 bridgehead atoms. The number of alkyl halides is 2. The summed E-state index contributed by atoms with van der Waals surface area (Å²) in [7, 11) is 1.39. The zero-order valence-corrected chi connectivity index (χ0v) is 12.0. The van der Waals surface area contributed by atoms with E-state index >= 15 is 0 Å². The maximum atomic E-state index is 12.7. The van der Waals surface area contributed by atoms with Gasteiger partial charge in [0, 0.05) is 9.13 Å². The summed E-state index contributed by atoms with van der Waals surface area (Å²) in [6.07, 6.45) is -1.61. The standard InChI is InChI=1S/C11H12F2INO3/c1-3-18-8(16)4-6-7(17-2)5-15-10(9(6)14)11(12)13/h5,11H,3-4H2,1-2H3. The van der Waals surface area contributed by atoms with Gasteiger partial charge in [0.2, 0.25) is 0 Å². The molecule has 0 aliphatic rings. The fourth-order valence-corrected chi connectivity index (χ4v) is 2.21. The van der Waals surface area contributed by atoms with Crippen molar-refractivity contribution in [2.75, 3.05) is 13.7 Å². The molecule has 1 aromatic rings. The van der Waals surface area contributed by atoms with E-state index in [1.807, 2.05) is 0 Å². The lowest BCUT2D eigenvalue weighted by Gasteiger charge is -2.12. The summed E-state index contributed by atoms with van der Waals surface area (Å²) in [5.41, 5.74) is 0.0255. The van der Waals surface area contributed by atoms with Crippen LogP contribution in [0.4, 0.5) is 8.78 Å². The minimum Gasteiger partial charge on any atom is -0.495 e. The van der Waals surface area contributed by atoms with Gasteiger partial charge in [-0.3, -0.25) is 9.78 Å². The van der Waals surface area contributed by atoms with Crippen molar-refractivity contribution in [1.82, 2.24) is 4.98 Å². The molecule has 0 saturated heterocycles. The Kier molecular flexibility index (Phi) is 5.70. The monoisotopic (exact) mass is 371 g/mol. The van der Waals surface area contributed by atoms with Crippen LogP contribution in [0.15, 0.2) is 6.20 Å². The molecule has 0 fully saturated rings. The lowest BCUT2D eigenvalue weighted by Crippen LogP contribution is -2.11. The molecule has 1 rings (SSSR count). The van der Waals surface area contributed by atoms with Crippen LogP contribution in [0.25, 0.3) is 0 Å². The van der Waals surface area contributed by atoms with Crippen molar-refractivity contribution in [3.05, 3.63) is 21.0 Å². The molecular formula is C11H12F2INO3. The van der Waals surface area contributed by atoms with E-state index in [2.05, 4.69) is 4.98 Å². The molecule has 4 nitrogen and oxygen atoms in total. The summed E-state index contributed by atoms with van der Waals surface area (Å²) < 4.78 is 35.5. The van der Waals surface area contributed by atoms with E-state index in [-0.39, 0.29) is 22.3 Å². The molecule has 0 aromatic carbocycles. The van der Waals surface area contributed by atoms with E-state index in [4.69, 9.17) is 9.47 Å². The first-order valence-corrected chi connectivity index (χ1v) is 6.24. The number of aromatic nitrogens is 1. The number of esters is 1. The third-order valence-corrected chi connectivity index (χ3v) is 3.36. The second-order valence-electron chi connectivity index (χ2n) is 3.29. The first kappa shape index (κ1) is 15.1. The number of hydrogen-bond acceptors (Lipinski definition) is 4. The van der Waals surface area contributed by atoms with Gasteiger partial charge < -0.3 is 9.47 Å². The largest absolute Gasteiger partial charge is 0.495 e. The number of pyridine rings is 1. The first-order chi connectivity index (χ1) is 8.51. The fraction of sp³-hybridized carbons (Fsp3) is 0.455. The average Bonchev–Trinajstić information content (AvgIpc) is 2.31. The Labute approximate surface area is 117 Å². The molecule has 0 N–H and O–H groups in total. The summed E-state index contributed by atoms with van der Waals surface area (Å²) in [6, 6.07) is 0. The van der Waals surface area contributed by atoms with Crippen LogP contribution in [0.5, 0.6) is 5.75 Å². The van der Waals surface area contributed by atoms with Gasteiger partial charge in [-0.25, -0.2) is 8.78 Å². The molecule has 100 valence electrons. The van der Waals surface area contributed by atoms with Crippen molar-refractivity contribution in [2.24, 2.45) is 0 Å². The molecule has 0 radical (unpaired) electrons. The predicted molar refractivity (Wildman–Crippen MR) is 68.8 cm³/mol. The Morgan fingerprint density at radius 2 is 2.22 bits per heavy atom. The maximum Gasteiger partial charge on any atom is 0.310 e. The summed E-state index contributed by atoms with van der Waals surface area (Å²) in [5, 5.41) is 0. The van der Waals surface area contributed by atoms with Gasteiger partial charge in [0.25, 0.3) is 6.43 Å². The zero-order chi connectivity index (χ0) is 13.7. The van der Waals surface area contributed by atoms with Crippen LogP contribution in [0.3, 0.4) is 0 Å². The lowest BCUT2D eigenvalue weighted by atomic mass is 10.1. The summed E-state index contributed by atoms with van der Waals surface area (Å²) in [6.45, 7) is 1.92. The average molecular weight is 371 g/mol. The van der Waals surface area contributed by atoms with Crippen molar-refractivity contribution < 1.29 is 23.0 Å². The molecule has 7 heteroatoms. The number of rotatable bonds is 5. The smallest absolute Gasteiger partial charge is 0.310 e. The van der Waals surface area contributed by atoms with Gasteiger partial charge in [0.15, 0.2) is 0 Å². The Balaban J connectivity index is 3.13. The molecular weight excluding hydrogens is 359 g/mol. The van der Waals surface area contributed by atoms with Gasteiger partial charge in [-0.05, 0) is 29.5 Å². The summed E-state index contributed by atoms with van der Waals surface area (Å²) >= 11 is 1.74. The molecule has 18 heavy (non-hydrogen) atoms. The number of halogens is 3. The van der Waals surface area contributed by atoms with E-state index in [0.717, 1.165) is 0 Å². The maximum absolute atomic E-state index is 12.7. The Hall–Kier alpha value is -0.990. The van der Waals surface area contributed by atoms with Gasteiger partial charge in [0.1, 0.15) is 11.4 Å². The van der Waals surface area contributed by atoms with Crippen molar-refractivity contribution in [3.63, 3.8) is 0 Å². The highest BCUT2D eigenvalue weighted by Gasteiger charge is 2.21. The molecule has 1 aromatic heterocycles. The van der Waals surface area contributed by atoms with E-state index in [1.54, 1.807) is 29.5 Å². The minimum absolute atomic E-state index is 0.114. The van der Waals surface area contributed by atoms with Gasteiger partial charge in [0.05, 0.1) is 26.3 Å².